The molecule has 3 heteroatoms. The molecule has 0 amide bonds. The Morgan fingerprint density at radius 1 is 0.969 bits per heavy atom. The standard InChI is InChI=1S/C29H48O3/c1-18(2)8-7-9-19(3)21-11-12-22-20-10-13-24-27(4,5)32-25-16-26(30)31-17-29(24,25)23(20)14-15-28(21,22)6/h18-25H,7-17H2,1-6H3/t19-,20+,21-,22+,23+,24+,25?,28-,29-/m1/s1. The second-order valence-corrected chi connectivity index (χ2v) is 13.7. The van der Waals surface area contributed by atoms with Crippen molar-refractivity contribution >= 4 is 5.97 Å². The smallest absolute Gasteiger partial charge is 0.308 e. The number of carbonyl (C=O) groups is 1. The zero-order chi connectivity index (χ0) is 22.9. The molecule has 3 aliphatic carbocycles. The minimum atomic E-state index is -0.131. The number of esters is 1. The monoisotopic (exact) mass is 444 g/mol. The molecule has 0 N–H and O–H groups in total. The van der Waals surface area contributed by atoms with E-state index >= 15 is 0 Å². The third kappa shape index (κ3) is 3.34. The van der Waals surface area contributed by atoms with Gasteiger partial charge in [-0.1, -0.05) is 47.0 Å². The summed E-state index contributed by atoms with van der Waals surface area (Å²) in [5.74, 6) is 5.40. The predicted octanol–water partition coefficient (Wildman–Crippen LogP) is 7.03. The number of hydrogen-bond donors (Lipinski definition) is 0. The number of rotatable bonds is 5. The van der Waals surface area contributed by atoms with E-state index in [0.717, 1.165) is 29.6 Å². The normalized spacial score (nSPS) is 47.9. The number of fused-ring (bicyclic) bond motifs is 3. The lowest BCUT2D eigenvalue weighted by molar-refractivity contribution is -0.187. The molecule has 2 aliphatic heterocycles. The van der Waals surface area contributed by atoms with E-state index in [1.54, 1.807) is 0 Å². The molecule has 182 valence electrons. The summed E-state index contributed by atoms with van der Waals surface area (Å²) >= 11 is 0. The average Bonchev–Trinajstić information content (AvgIpc) is 3.18. The fourth-order valence-electron chi connectivity index (χ4n) is 10.2. The molecule has 5 aliphatic rings. The Morgan fingerprint density at radius 3 is 2.50 bits per heavy atom. The Hall–Kier alpha value is -0.570. The van der Waals surface area contributed by atoms with Crippen LogP contribution in [0.1, 0.15) is 106 Å². The van der Waals surface area contributed by atoms with Crippen LogP contribution < -0.4 is 0 Å². The molecule has 2 saturated heterocycles. The van der Waals surface area contributed by atoms with E-state index < -0.39 is 0 Å². The highest BCUT2D eigenvalue weighted by Gasteiger charge is 2.70. The van der Waals surface area contributed by atoms with Crippen molar-refractivity contribution in [1.29, 1.82) is 0 Å². The second kappa shape index (κ2) is 7.99. The van der Waals surface area contributed by atoms with E-state index in [2.05, 4.69) is 41.5 Å². The summed E-state index contributed by atoms with van der Waals surface area (Å²) in [5.41, 5.74) is 0.452. The van der Waals surface area contributed by atoms with Gasteiger partial charge in [-0.3, -0.25) is 4.79 Å². The van der Waals surface area contributed by atoms with Crippen molar-refractivity contribution in [1.82, 2.24) is 0 Å². The lowest BCUT2D eigenvalue weighted by atomic mass is 9.44. The van der Waals surface area contributed by atoms with Crippen LogP contribution in [0.5, 0.6) is 0 Å². The third-order valence-electron chi connectivity index (χ3n) is 11.5. The summed E-state index contributed by atoms with van der Waals surface area (Å²) in [7, 11) is 0. The van der Waals surface area contributed by atoms with E-state index in [0.29, 0.717) is 30.3 Å². The van der Waals surface area contributed by atoms with Crippen LogP contribution in [-0.4, -0.2) is 24.3 Å². The van der Waals surface area contributed by atoms with Gasteiger partial charge in [-0.05, 0) is 99.2 Å². The van der Waals surface area contributed by atoms with Crippen molar-refractivity contribution in [2.24, 2.45) is 52.3 Å². The van der Waals surface area contributed by atoms with Gasteiger partial charge in [0.1, 0.15) is 6.61 Å². The van der Waals surface area contributed by atoms with Gasteiger partial charge in [-0.15, -0.1) is 0 Å². The molecule has 32 heavy (non-hydrogen) atoms. The lowest BCUT2D eigenvalue weighted by Crippen LogP contribution is -2.60. The van der Waals surface area contributed by atoms with Crippen LogP contribution in [0.15, 0.2) is 0 Å². The number of cyclic esters (lactones) is 1. The molecule has 1 spiro atoms. The molecule has 5 rings (SSSR count). The van der Waals surface area contributed by atoms with Crippen LogP contribution in [-0.2, 0) is 14.3 Å². The fraction of sp³-hybridized carbons (Fsp3) is 0.966. The number of hydrogen-bond acceptors (Lipinski definition) is 3. The highest BCUT2D eigenvalue weighted by Crippen LogP contribution is 2.71. The van der Waals surface area contributed by atoms with Gasteiger partial charge in [0.05, 0.1) is 18.1 Å². The molecular formula is C29H48O3. The largest absolute Gasteiger partial charge is 0.465 e. The summed E-state index contributed by atoms with van der Waals surface area (Å²) in [4.78, 5) is 12.2. The number of ether oxygens (including phenoxy) is 2. The van der Waals surface area contributed by atoms with E-state index in [1.165, 1.54) is 57.8 Å². The van der Waals surface area contributed by atoms with E-state index in [-0.39, 0.29) is 23.1 Å². The van der Waals surface area contributed by atoms with Crippen LogP contribution in [0.4, 0.5) is 0 Å². The van der Waals surface area contributed by atoms with Gasteiger partial charge in [0.25, 0.3) is 0 Å². The van der Waals surface area contributed by atoms with Crippen molar-refractivity contribution < 1.29 is 14.3 Å². The van der Waals surface area contributed by atoms with Crippen LogP contribution >= 0.6 is 0 Å². The van der Waals surface area contributed by atoms with E-state index in [1.807, 2.05) is 0 Å². The van der Waals surface area contributed by atoms with Gasteiger partial charge in [0.2, 0.25) is 0 Å². The van der Waals surface area contributed by atoms with Crippen LogP contribution in [0.3, 0.4) is 0 Å². The minimum absolute atomic E-state index is 0.0454. The molecule has 1 unspecified atom stereocenters. The highest BCUT2D eigenvalue weighted by atomic mass is 16.6. The SMILES string of the molecule is CC(C)CCC[C@@H](C)[C@H]1CC[C@H]2[C@@H]3CC[C@H]4C(C)(C)OC5CC(=O)OC[C@]54[C@H]3CC[C@]12C. The second-order valence-electron chi connectivity index (χ2n) is 13.7. The molecule has 9 atom stereocenters. The third-order valence-corrected chi connectivity index (χ3v) is 11.5. The Balaban J connectivity index is 1.38. The molecular weight excluding hydrogens is 396 g/mol. The van der Waals surface area contributed by atoms with Crippen molar-refractivity contribution in [3.63, 3.8) is 0 Å². The maximum absolute atomic E-state index is 12.2. The van der Waals surface area contributed by atoms with Crippen molar-refractivity contribution in [3.05, 3.63) is 0 Å². The van der Waals surface area contributed by atoms with Gasteiger partial charge < -0.3 is 9.47 Å². The topological polar surface area (TPSA) is 35.5 Å². The summed E-state index contributed by atoms with van der Waals surface area (Å²) in [6.45, 7) is 15.1. The van der Waals surface area contributed by atoms with Gasteiger partial charge in [0, 0.05) is 5.41 Å². The van der Waals surface area contributed by atoms with Gasteiger partial charge >= 0.3 is 5.97 Å². The summed E-state index contributed by atoms with van der Waals surface area (Å²) in [6.07, 6.45) is 12.9. The first-order valence-electron chi connectivity index (χ1n) is 13.9. The first kappa shape index (κ1) is 23.2. The van der Waals surface area contributed by atoms with Crippen LogP contribution in [0, 0.1) is 52.3 Å². The molecule has 2 heterocycles. The summed E-state index contributed by atoms with van der Waals surface area (Å²) in [6, 6.07) is 0. The van der Waals surface area contributed by atoms with Gasteiger partial charge in [-0.25, -0.2) is 0 Å². The van der Waals surface area contributed by atoms with Crippen LogP contribution in [0.2, 0.25) is 0 Å². The molecule has 0 bridgehead atoms. The van der Waals surface area contributed by atoms with Crippen LogP contribution in [0.25, 0.3) is 0 Å². The molecule has 0 aromatic heterocycles. The lowest BCUT2D eigenvalue weighted by Gasteiger charge is -2.60. The maximum Gasteiger partial charge on any atom is 0.308 e. The fourth-order valence-corrected chi connectivity index (χ4v) is 10.2. The first-order chi connectivity index (χ1) is 15.1. The Bertz CT molecular complexity index is 728. The summed E-state index contributed by atoms with van der Waals surface area (Å²) in [5, 5.41) is 0. The Morgan fingerprint density at radius 2 is 1.75 bits per heavy atom. The maximum atomic E-state index is 12.2. The highest BCUT2D eigenvalue weighted by molar-refractivity contribution is 5.71. The van der Waals surface area contributed by atoms with Gasteiger partial charge in [-0.2, -0.15) is 0 Å². The van der Waals surface area contributed by atoms with E-state index in [4.69, 9.17) is 9.47 Å². The molecule has 3 nitrogen and oxygen atoms in total. The quantitative estimate of drug-likeness (QED) is 0.427. The molecule has 0 aromatic rings. The zero-order valence-electron chi connectivity index (χ0n) is 21.6. The Kier molecular flexibility index (Phi) is 5.79. The van der Waals surface area contributed by atoms with Crippen molar-refractivity contribution in [3.8, 4) is 0 Å². The predicted molar refractivity (Wildman–Crippen MR) is 128 cm³/mol. The zero-order valence-corrected chi connectivity index (χ0v) is 21.6. The first-order valence-corrected chi connectivity index (χ1v) is 13.9. The molecule has 0 radical (unpaired) electrons. The minimum Gasteiger partial charge on any atom is -0.465 e. The summed E-state index contributed by atoms with van der Waals surface area (Å²) < 4.78 is 12.5. The van der Waals surface area contributed by atoms with Crippen molar-refractivity contribution in [2.45, 2.75) is 117 Å². The molecule has 0 aromatic carbocycles. The molecule has 3 saturated carbocycles. The van der Waals surface area contributed by atoms with Gasteiger partial charge in [0.15, 0.2) is 0 Å². The number of carbonyl (C=O) groups excluding carboxylic acids is 1. The Labute approximate surface area is 196 Å². The van der Waals surface area contributed by atoms with E-state index in [9.17, 15) is 4.79 Å². The van der Waals surface area contributed by atoms with Crippen molar-refractivity contribution in [2.75, 3.05) is 6.61 Å². The molecule has 5 fully saturated rings. The average molecular weight is 445 g/mol.